The second-order valence-electron chi connectivity index (χ2n) is 5.42. The van der Waals surface area contributed by atoms with Crippen molar-refractivity contribution in [2.75, 3.05) is 12.0 Å². The highest BCUT2D eigenvalue weighted by molar-refractivity contribution is 7.10. The molecule has 0 unspecified atom stereocenters. The SMILES string of the molecule is CC1(C)CCC(=O)N(Cc2nnsc2NN)CC1. The summed E-state index contributed by atoms with van der Waals surface area (Å²) in [6.45, 7) is 5.68. The number of carbonyl (C=O) groups excluding carboxylic acids is 1. The van der Waals surface area contributed by atoms with E-state index in [9.17, 15) is 4.79 Å². The van der Waals surface area contributed by atoms with Gasteiger partial charge in [-0.05, 0) is 18.3 Å². The van der Waals surface area contributed by atoms with Crippen LogP contribution in [0.1, 0.15) is 38.8 Å². The van der Waals surface area contributed by atoms with Gasteiger partial charge in [-0.3, -0.25) is 4.79 Å². The van der Waals surface area contributed by atoms with Crippen molar-refractivity contribution < 1.29 is 4.79 Å². The van der Waals surface area contributed by atoms with E-state index in [1.165, 1.54) is 11.5 Å². The molecule has 2 rings (SSSR count). The van der Waals surface area contributed by atoms with E-state index in [1.807, 2.05) is 4.90 Å². The summed E-state index contributed by atoms with van der Waals surface area (Å²) in [6, 6.07) is 0. The number of nitrogen functional groups attached to an aromatic ring is 1. The molecule has 1 saturated heterocycles. The van der Waals surface area contributed by atoms with Gasteiger partial charge in [0.15, 0.2) is 0 Å². The van der Waals surface area contributed by atoms with Crippen LogP contribution in [0.5, 0.6) is 0 Å². The summed E-state index contributed by atoms with van der Waals surface area (Å²) in [5.74, 6) is 5.58. The maximum Gasteiger partial charge on any atom is 0.222 e. The number of rotatable bonds is 3. The monoisotopic (exact) mass is 269 g/mol. The third-order valence-corrected chi connectivity index (χ3v) is 4.15. The van der Waals surface area contributed by atoms with Crippen LogP contribution in [0.2, 0.25) is 0 Å². The van der Waals surface area contributed by atoms with Crippen molar-refractivity contribution in [1.82, 2.24) is 14.5 Å². The van der Waals surface area contributed by atoms with Crippen LogP contribution in [0, 0.1) is 5.41 Å². The van der Waals surface area contributed by atoms with Gasteiger partial charge < -0.3 is 10.3 Å². The highest BCUT2D eigenvalue weighted by Crippen LogP contribution is 2.31. The van der Waals surface area contributed by atoms with Gasteiger partial charge in [0.2, 0.25) is 5.91 Å². The Hall–Kier alpha value is -1.21. The van der Waals surface area contributed by atoms with Gasteiger partial charge in [0.1, 0.15) is 10.7 Å². The van der Waals surface area contributed by atoms with E-state index in [0.29, 0.717) is 13.0 Å². The Labute approximate surface area is 111 Å². The lowest BCUT2D eigenvalue weighted by Crippen LogP contribution is -2.30. The fourth-order valence-electron chi connectivity index (χ4n) is 2.06. The maximum absolute atomic E-state index is 12.1. The maximum atomic E-state index is 12.1. The molecular formula is C11H19N5OS. The molecule has 1 aromatic rings. The van der Waals surface area contributed by atoms with Gasteiger partial charge in [-0.2, -0.15) is 0 Å². The molecule has 6 nitrogen and oxygen atoms in total. The van der Waals surface area contributed by atoms with Gasteiger partial charge in [-0.1, -0.05) is 18.3 Å². The van der Waals surface area contributed by atoms with Crippen LogP contribution < -0.4 is 11.3 Å². The molecular weight excluding hydrogens is 250 g/mol. The molecule has 2 heterocycles. The fraction of sp³-hybridized carbons (Fsp3) is 0.727. The molecule has 0 spiro atoms. The molecule has 7 heteroatoms. The topological polar surface area (TPSA) is 84.1 Å². The van der Waals surface area contributed by atoms with Crippen molar-refractivity contribution in [1.29, 1.82) is 0 Å². The van der Waals surface area contributed by atoms with E-state index in [2.05, 4.69) is 28.9 Å². The lowest BCUT2D eigenvalue weighted by atomic mass is 9.85. The Morgan fingerprint density at radius 2 is 2.28 bits per heavy atom. The van der Waals surface area contributed by atoms with Crippen LogP contribution in [-0.2, 0) is 11.3 Å². The molecule has 1 aliphatic rings. The number of nitrogens with zero attached hydrogens (tertiary/aromatic N) is 3. The predicted molar refractivity (Wildman–Crippen MR) is 70.8 cm³/mol. The zero-order valence-corrected chi connectivity index (χ0v) is 11.6. The molecule has 1 fully saturated rings. The lowest BCUT2D eigenvalue weighted by Gasteiger charge is -2.23. The fourth-order valence-corrected chi connectivity index (χ4v) is 2.54. The highest BCUT2D eigenvalue weighted by Gasteiger charge is 2.28. The van der Waals surface area contributed by atoms with Crippen molar-refractivity contribution in [2.24, 2.45) is 11.3 Å². The smallest absolute Gasteiger partial charge is 0.222 e. The lowest BCUT2D eigenvalue weighted by molar-refractivity contribution is -0.131. The zero-order chi connectivity index (χ0) is 13.2. The Kier molecular flexibility index (Phi) is 3.82. The molecule has 0 atom stereocenters. The summed E-state index contributed by atoms with van der Waals surface area (Å²) < 4.78 is 3.85. The van der Waals surface area contributed by atoms with Crippen LogP contribution >= 0.6 is 11.5 Å². The standard InChI is InChI=1S/C11H19N5OS/c1-11(2)4-3-9(17)16(6-5-11)7-8-10(13-12)18-15-14-8/h13H,3-7,12H2,1-2H3. The van der Waals surface area contributed by atoms with E-state index < -0.39 is 0 Å². The third kappa shape index (κ3) is 2.97. The predicted octanol–water partition coefficient (Wildman–Crippen LogP) is 1.36. The number of nitrogens with two attached hydrogens (primary N) is 1. The molecule has 0 aromatic carbocycles. The number of anilines is 1. The number of hydrazine groups is 1. The first kappa shape index (κ1) is 13.2. The second kappa shape index (κ2) is 5.19. The highest BCUT2D eigenvalue weighted by atomic mass is 32.1. The Morgan fingerprint density at radius 3 is 3.00 bits per heavy atom. The zero-order valence-electron chi connectivity index (χ0n) is 10.8. The molecule has 100 valence electrons. The minimum Gasteiger partial charge on any atom is -0.337 e. The minimum atomic E-state index is 0.191. The summed E-state index contributed by atoms with van der Waals surface area (Å²) in [5, 5.41) is 4.74. The summed E-state index contributed by atoms with van der Waals surface area (Å²) in [7, 11) is 0. The summed E-state index contributed by atoms with van der Waals surface area (Å²) >= 11 is 1.21. The molecule has 3 N–H and O–H groups in total. The Morgan fingerprint density at radius 1 is 1.50 bits per heavy atom. The van der Waals surface area contributed by atoms with Crippen molar-refractivity contribution in [3.63, 3.8) is 0 Å². The number of amides is 1. The van der Waals surface area contributed by atoms with Gasteiger partial charge in [0.05, 0.1) is 6.54 Å². The number of carbonyl (C=O) groups is 1. The van der Waals surface area contributed by atoms with Crippen LogP contribution in [0.4, 0.5) is 5.00 Å². The number of hydrogen-bond acceptors (Lipinski definition) is 6. The number of likely N-dealkylation sites (tertiary alicyclic amines) is 1. The van der Waals surface area contributed by atoms with Gasteiger partial charge >= 0.3 is 0 Å². The van der Waals surface area contributed by atoms with Gasteiger partial charge in [0, 0.05) is 24.5 Å². The normalized spacial score (nSPS) is 19.7. The van der Waals surface area contributed by atoms with Gasteiger partial charge in [-0.25, -0.2) is 5.84 Å². The quantitative estimate of drug-likeness (QED) is 0.639. The molecule has 0 radical (unpaired) electrons. The molecule has 0 aliphatic carbocycles. The van der Waals surface area contributed by atoms with Gasteiger partial charge in [-0.15, -0.1) is 5.10 Å². The van der Waals surface area contributed by atoms with E-state index in [0.717, 1.165) is 30.1 Å². The van der Waals surface area contributed by atoms with Crippen LogP contribution in [0.25, 0.3) is 0 Å². The average molecular weight is 269 g/mol. The van der Waals surface area contributed by atoms with Crippen LogP contribution in [-0.4, -0.2) is 26.9 Å². The van der Waals surface area contributed by atoms with E-state index in [-0.39, 0.29) is 11.3 Å². The molecule has 1 aromatic heterocycles. The van der Waals surface area contributed by atoms with Crippen LogP contribution in [0.3, 0.4) is 0 Å². The third-order valence-electron chi connectivity index (χ3n) is 3.45. The Bertz CT molecular complexity index is 431. The van der Waals surface area contributed by atoms with Gasteiger partial charge in [0.25, 0.3) is 0 Å². The summed E-state index contributed by atoms with van der Waals surface area (Å²) in [6.07, 6.45) is 2.57. The number of hydrogen-bond donors (Lipinski definition) is 2. The van der Waals surface area contributed by atoms with E-state index in [1.54, 1.807) is 0 Å². The largest absolute Gasteiger partial charge is 0.337 e. The molecule has 1 aliphatic heterocycles. The van der Waals surface area contributed by atoms with E-state index in [4.69, 9.17) is 5.84 Å². The molecule has 1 amide bonds. The molecule has 0 bridgehead atoms. The first-order valence-electron chi connectivity index (χ1n) is 6.07. The van der Waals surface area contributed by atoms with Crippen molar-refractivity contribution in [2.45, 2.75) is 39.7 Å². The average Bonchev–Trinajstić information content (AvgIpc) is 2.73. The van der Waals surface area contributed by atoms with Crippen molar-refractivity contribution in [3.05, 3.63) is 5.69 Å². The Balaban J connectivity index is 2.06. The second-order valence-corrected chi connectivity index (χ2v) is 6.18. The number of aromatic nitrogens is 2. The first-order chi connectivity index (χ1) is 8.52. The van der Waals surface area contributed by atoms with E-state index >= 15 is 0 Å². The molecule has 18 heavy (non-hydrogen) atoms. The van der Waals surface area contributed by atoms with Crippen LogP contribution in [0.15, 0.2) is 0 Å². The first-order valence-corrected chi connectivity index (χ1v) is 6.85. The minimum absolute atomic E-state index is 0.191. The van der Waals surface area contributed by atoms with Crippen molar-refractivity contribution in [3.8, 4) is 0 Å². The molecule has 0 saturated carbocycles. The van der Waals surface area contributed by atoms with Crippen molar-refractivity contribution >= 4 is 22.4 Å². The summed E-state index contributed by atoms with van der Waals surface area (Å²) in [5.41, 5.74) is 3.55. The summed E-state index contributed by atoms with van der Waals surface area (Å²) in [4.78, 5) is 13.9. The number of nitrogens with one attached hydrogen (secondary N) is 1.